The Kier molecular flexibility index (Phi) is 3.58. The van der Waals surface area contributed by atoms with Gasteiger partial charge in [0.05, 0.1) is 5.56 Å². The van der Waals surface area contributed by atoms with Crippen molar-refractivity contribution in [3.63, 3.8) is 0 Å². The Labute approximate surface area is 116 Å². The van der Waals surface area contributed by atoms with E-state index in [2.05, 4.69) is 0 Å². The third-order valence-electron chi connectivity index (χ3n) is 3.29. The van der Waals surface area contributed by atoms with Crippen LogP contribution in [0.1, 0.15) is 27.2 Å². The first-order valence-electron chi connectivity index (χ1n) is 5.91. The van der Waals surface area contributed by atoms with Crippen LogP contribution in [-0.4, -0.2) is 9.81 Å². The molecule has 0 unspecified atom stereocenters. The molecule has 0 aliphatic rings. The number of hydrogen-bond acceptors (Lipinski definition) is 2. The lowest BCUT2D eigenvalue weighted by molar-refractivity contribution is 0.108. The molecule has 2 rings (SSSR count). The number of aryl methyl sites for hydroxylation is 2. The van der Waals surface area contributed by atoms with Gasteiger partial charge in [0, 0.05) is 23.6 Å². The van der Waals surface area contributed by atoms with Crippen LogP contribution in [-0.2, 0) is 0 Å². The Bertz CT molecular complexity index is 717. The number of aromatic nitrogens is 1. The topological polar surface area (TPSA) is 39.1 Å². The van der Waals surface area contributed by atoms with Gasteiger partial charge in [-0.05, 0) is 49.6 Å². The lowest BCUT2D eigenvalue weighted by Gasteiger charge is -2.15. The largest absolute Gasteiger partial charge is 0.320 e. The van der Waals surface area contributed by atoms with E-state index in [1.165, 1.54) is 12.3 Å². The van der Waals surface area contributed by atoms with Gasteiger partial charge in [0.1, 0.15) is 0 Å². The van der Waals surface area contributed by atoms with Crippen molar-refractivity contribution in [2.75, 3.05) is 0 Å². The van der Waals surface area contributed by atoms with Gasteiger partial charge in [-0.3, -0.25) is 9.59 Å². The highest BCUT2D eigenvalue weighted by molar-refractivity contribution is 6.67. The molecule has 4 heteroatoms. The van der Waals surface area contributed by atoms with Crippen LogP contribution in [0.5, 0.6) is 0 Å². The molecule has 98 valence electrons. The third kappa shape index (κ3) is 2.47. The summed E-state index contributed by atoms with van der Waals surface area (Å²) in [6, 6.07) is 7.33. The van der Waals surface area contributed by atoms with Gasteiger partial charge >= 0.3 is 0 Å². The summed E-state index contributed by atoms with van der Waals surface area (Å²) in [5.41, 5.74) is 3.60. The average molecular weight is 276 g/mol. The van der Waals surface area contributed by atoms with Crippen LogP contribution < -0.4 is 5.43 Å². The van der Waals surface area contributed by atoms with Crippen LogP contribution in [0.15, 0.2) is 35.3 Å². The minimum atomic E-state index is -0.732. The molecule has 2 aromatic rings. The number of pyridine rings is 1. The minimum Gasteiger partial charge on any atom is -0.320 e. The first-order chi connectivity index (χ1) is 8.91. The summed E-state index contributed by atoms with van der Waals surface area (Å²) in [6.45, 7) is 5.85. The quantitative estimate of drug-likeness (QED) is 0.790. The van der Waals surface area contributed by atoms with Gasteiger partial charge in [-0.25, -0.2) is 0 Å². The highest BCUT2D eigenvalue weighted by Gasteiger charge is 2.12. The molecule has 0 saturated carbocycles. The van der Waals surface area contributed by atoms with Gasteiger partial charge in [0.2, 0.25) is 0 Å². The Balaban J connectivity index is 2.76. The summed E-state index contributed by atoms with van der Waals surface area (Å²) in [7, 11) is 0. The van der Waals surface area contributed by atoms with E-state index < -0.39 is 5.24 Å². The molecule has 0 saturated heterocycles. The van der Waals surface area contributed by atoms with Crippen molar-refractivity contribution < 1.29 is 4.79 Å². The summed E-state index contributed by atoms with van der Waals surface area (Å²) in [5.74, 6) is 0. The molecule has 0 fully saturated rings. The van der Waals surface area contributed by atoms with Crippen LogP contribution >= 0.6 is 11.6 Å². The van der Waals surface area contributed by atoms with Crippen LogP contribution in [0.4, 0.5) is 0 Å². The molecule has 0 spiro atoms. The van der Waals surface area contributed by atoms with Gasteiger partial charge in [-0.1, -0.05) is 12.1 Å². The van der Waals surface area contributed by atoms with E-state index in [0.717, 1.165) is 22.5 Å². The Morgan fingerprint density at radius 1 is 1.21 bits per heavy atom. The fourth-order valence-electron chi connectivity index (χ4n) is 2.04. The van der Waals surface area contributed by atoms with Gasteiger partial charge in [0.25, 0.3) is 5.24 Å². The molecule has 0 bridgehead atoms. The lowest BCUT2D eigenvalue weighted by atomic mass is 10.1. The minimum absolute atomic E-state index is 0.00632. The number of halogens is 1. The zero-order valence-electron chi connectivity index (χ0n) is 11.0. The van der Waals surface area contributed by atoms with Gasteiger partial charge < -0.3 is 4.57 Å². The van der Waals surface area contributed by atoms with Crippen LogP contribution in [0.25, 0.3) is 5.69 Å². The molecule has 1 aromatic carbocycles. The number of nitrogens with zero attached hydrogens (tertiary/aromatic N) is 1. The van der Waals surface area contributed by atoms with E-state index in [-0.39, 0.29) is 11.0 Å². The van der Waals surface area contributed by atoms with Gasteiger partial charge in [0.15, 0.2) is 5.43 Å². The first kappa shape index (κ1) is 13.6. The number of hydrogen-bond donors (Lipinski definition) is 0. The molecule has 0 amide bonds. The molecule has 1 aromatic heterocycles. The molecule has 3 nitrogen and oxygen atoms in total. The van der Waals surface area contributed by atoms with Crippen LogP contribution in [0.2, 0.25) is 0 Å². The molecule has 1 heterocycles. The van der Waals surface area contributed by atoms with Crippen molar-refractivity contribution in [3.8, 4) is 5.69 Å². The fraction of sp³-hybridized carbons (Fsp3) is 0.200. The standard InChI is InChI=1S/C15H14ClNO2/c1-9-5-4-6-13(11(9)3)17-8-12(15(16)19)14(18)7-10(17)2/h4-8H,1-3H3. The first-order valence-corrected chi connectivity index (χ1v) is 6.29. The van der Waals surface area contributed by atoms with Crippen LogP contribution in [0, 0.1) is 20.8 Å². The Hall–Kier alpha value is -1.87. The number of benzene rings is 1. The van der Waals surface area contributed by atoms with Crippen molar-refractivity contribution >= 4 is 16.8 Å². The van der Waals surface area contributed by atoms with Crippen molar-refractivity contribution in [2.45, 2.75) is 20.8 Å². The van der Waals surface area contributed by atoms with E-state index in [4.69, 9.17) is 11.6 Å². The number of rotatable bonds is 2. The highest BCUT2D eigenvalue weighted by Crippen LogP contribution is 2.19. The van der Waals surface area contributed by atoms with E-state index in [0.29, 0.717) is 0 Å². The average Bonchev–Trinajstić information content (AvgIpc) is 2.33. The third-order valence-corrected chi connectivity index (χ3v) is 3.49. The molecule has 0 aliphatic heterocycles. The fourth-order valence-corrected chi connectivity index (χ4v) is 2.18. The normalized spacial score (nSPS) is 10.5. The summed E-state index contributed by atoms with van der Waals surface area (Å²) in [5, 5.41) is -0.732. The summed E-state index contributed by atoms with van der Waals surface area (Å²) in [6.07, 6.45) is 1.51. The molecule has 0 N–H and O–H groups in total. The molecular weight excluding hydrogens is 262 g/mol. The maximum absolute atomic E-state index is 11.7. The Morgan fingerprint density at radius 3 is 2.53 bits per heavy atom. The molecule has 0 aliphatic carbocycles. The smallest absolute Gasteiger partial charge is 0.257 e. The molecule has 19 heavy (non-hydrogen) atoms. The zero-order chi connectivity index (χ0) is 14.2. The maximum Gasteiger partial charge on any atom is 0.257 e. The number of carbonyl (C=O) groups excluding carboxylic acids is 1. The van der Waals surface area contributed by atoms with Crippen molar-refractivity contribution in [1.82, 2.24) is 4.57 Å². The SMILES string of the molecule is Cc1cccc(-n2cc(C(=O)Cl)c(=O)cc2C)c1C. The van der Waals surface area contributed by atoms with E-state index in [1.54, 1.807) is 0 Å². The van der Waals surface area contributed by atoms with Crippen molar-refractivity contribution in [2.24, 2.45) is 0 Å². The zero-order valence-corrected chi connectivity index (χ0v) is 11.8. The van der Waals surface area contributed by atoms with Crippen molar-refractivity contribution in [1.29, 1.82) is 0 Å². The van der Waals surface area contributed by atoms with Gasteiger partial charge in [-0.2, -0.15) is 0 Å². The summed E-state index contributed by atoms with van der Waals surface area (Å²) in [4.78, 5) is 23.0. The molecule has 0 radical (unpaired) electrons. The van der Waals surface area contributed by atoms with E-state index in [1.807, 2.05) is 43.5 Å². The van der Waals surface area contributed by atoms with Gasteiger partial charge in [-0.15, -0.1) is 0 Å². The van der Waals surface area contributed by atoms with E-state index >= 15 is 0 Å². The molecule has 0 atom stereocenters. The van der Waals surface area contributed by atoms with E-state index in [9.17, 15) is 9.59 Å². The predicted molar refractivity (Wildman–Crippen MR) is 76.4 cm³/mol. The molecular formula is C15H14ClNO2. The second-order valence-electron chi connectivity index (χ2n) is 4.56. The lowest BCUT2D eigenvalue weighted by Crippen LogP contribution is -2.16. The monoisotopic (exact) mass is 275 g/mol. The highest BCUT2D eigenvalue weighted by atomic mass is 35.5. The Morgan fingerprint density at radius 2 is 1.89 bits per heavy atom. The maximum atomic E-state index is 11.7. The second kappa shape index (κ2) is 5.02. The summed E-state index contributed by atoms with van der Waals surface area (Å²) >= 11 is 5.44. The summed E-state index contributed by atoms with van der Waals surface area (Å²) < 4.78 is 1.82. The second-order valence-corrected chi connectivity index (χ2v) is 4.90. The number of carbonyl (C=O) groups is 1. The van der Waals surface area contributed by atoms with Crippen molar-refractivity contribution in [3.05, 3.63) is 63.1 Å². The van der Waals surface area contributed by atoms with Crippen LogP contribution in [0.3, 0.4) is 0 Å². The predicted octanol–water partition coefficient (Wildman–Crippen LogP) is 3.14.